The summed E-state index contributed by atoms with van der Waals surface area (Å²) in [6.07, 6.45) is 3.33. The summed E-state index contributed by atoms with van der Waals surface area (Å²) in [4.78, 5) is 38.4. The van der Waals surface area contributed by atoms with Crippen LogP contribution in [0.2, 0.25) is 0 Å². The highest BCUT2D eigenvalue weighted by molar-refractivity contribution is 6.22. The number of imide groups is 1. The van der Waals surface area contributed by atoms with Gasteiger partial charge in [0.05, 0.1) is 29.7 Å². The molecule has 0 radical (unpaired) electrons. The smallest absolute Gasteiger partial charge is 0.338 e. The Hall–Kier alpha value is -2.17. The number of anilines is 1. The second-order valence-corrected chi connectivity index (χ2v) is 6.83. The molecule has 3 rings (SSSR count). The molecular weight excluding hydrogens is 306 g/mol. The van der Waals surface area contributed by atoms with Crippen molar-refractivity contribution in [1.29, 1.82) is 0 Å². The highest BCUT2D eigenvalue weighted by Crippen LogP contribution is 2.42. The van der Waals surface area contributed by atoms with Gasteiger partial charge in [0.2, 0.25) is 11.8 Å². The van der Waals surface area contributed by atoms with Crippen LogP contribution in [0, 0.1) is 17.8 Å². The van der Waals surface area contributed by atoms with Gasteiger partial charge in [-0.15, -0.1) is 0 Å². The average Bonchev–Trinajstić information content (AvgIpc) is 2.83. The maximum atomic E-state index is 12.7. The number of esters is 1. The number of fused-ring (bicyclic) bond motifs is 1. The van der Waals surface area contributed by atoms with Gasteiger partial charge >= 0.3 is 5.97 Å². The molecule has 2 fully saturated rings. The minimum atomic E-state index is -0.384. The van der Waals surface area contributed by atoms with Gasteiger partial charge in [0, 0.05) is 0 Å². The van der Waals surface area contributed by atoms with E-state index in [-0.39, 0.29) is 29.6 Å². The summed E-state index contributed by atoms with van der Waals surface area (Å²) in [7, 11) is 0. The van der Waals surface area contributed by atoms with Gasteiger partial charge in [0.25, 0.3) is 0 Å². The lowest BCUT2D eigenvalue weighted by molar-refractivity contribution is -0.122. The molecule has 1 aliphatic carbocycles. The van der Waals surface area contributed by atoms with Crippen LogP contribution in [0.5, 0.6) is 0 Å². The third-order valence-corrected chi connectivity index (χ3v) is 4.99. The molecule has 1 saturated carbocycles. The quantitative estimate of drug-likeness (QED) is 0.629. The normalized spacial score (nSPS) is 26.4. The molecular formula is C19H23NO4. The van der Waals surface area contributed by atoms with Crippen molar-refractivity contribution in [2.45, 2.75) is 39.5 Å². The molecule has 0 N–H and O–H groups in total. The van der Waals surface area contributed by atoms with E-state index in [1.807, 2.05) is 6.92 Å². The van der Waals surface area contributed by atoms with E-state index in [1.165, 1.54) is 4.90 Å². The zero-order valence-corrected chi connectivity index (χ0v) is 14.2. The Morgan fingerprint density at radius 2 is 1.79 bits per heavy atom. The van der Waals surface area contributed by atoms with Crippen LogP contribution < -0.4 is 4.90 Å². The minimum Gasteiger partial charge on any atom is -0.462 e. The monoisotopic (exact) mass is 329 g/mol. The number of carbonyl (C=O) groups is 3. The van der Waals surface area contributed by atoms with E-state index < -0.39 is 0 Å². The number of hydrogen-bond acceptors (Lipinski definition) is 4. The molecule has 0 aromatic heterocycles. The molecule has 128 valence electrons. The predicted octanol–water partition coefficient (Wildman–Crippen LogP) is 3.18. The van der Waals surface area contributed by atoms with Crippen molar-refractivity contribution in [2.24, 2.45) is 17.8 Å². The van der Waals surface area contributed by atoms with E-state index in [0.717, 1.165) is 25.7 Å². The summed E-state index contributed by atoms with van der Waals surface area (Å²) in [6, 6.07) is 6.52. The van der Waals surface area contributed by atoms with Crippen LogP contribution in [0.1, 0.15) is 49.9 Å². The number of ether oxygens (including phenoxy) is 1. The number of hydrogen-bond donors (Lipinski definition) is 0. The van der Waals surface area contributed by atoms with Crippen molar-refractivity contribution < 1.29 is 19.1 Å². The number of benzene rings is 1. The molecule has 0 unspecified atom stereocenters. The highest BCUT2D eigenvalue weighted by atomic mass is 16.5. The van der Waals surface area contributed by atoms with Crippen molar-refractivity contribution in [1.82, 2.24) is 0 Å². The molecule has 1 aliphatic heterocycles. The average molecular weight is 329 g/mol. The molecule has 1 heterocycles. The van der Waals surface area contributed by atoms with Crippen molar-refractivity contribution in [3.05, 3.63) is 29.8 Å². The zero-order chi connectivity index (χ0) is 17.3. The molecule has 2 aliphatic rings. The second-order valence-electron chi connectivity index (χ2n) is 6.83. The Balaban J connectivity index is 1.78. The van der Waals surface area contributed by atoms with Gasteiger partial charge in [-0.1, -0.05) is 13.8 Å². The van der Waals surface area contributed by atoms with Gasteiger partial charge in [0.15, 0.2) is 0 Å². The molecule has 2 amide bonds. The molecule has 0 spiro atoms. The van der Waals surface area contributed by atoms with E-state index in [1.54, 1.807) is 24.3 Å². The number of nitrogens with zero attached hydrogens (tertiary/aromatic N) is 1. The summed E-state index contributed by atoms with van der Waals surface area (Å²) in [5.74, 6) is -0.460. The van der Waals surface area contributed by atoms with E-state index in [2.05, 4.69) is 6.92 Å². The Labute approximate surface area is 142 Å². The maximum Gasteiger partial charge on any atom is 0.338 e. The third-order valence-electron chi connectivity index (χ3n) is 4.99. The lowest BCUT2D eigenvalue weighted by atomic mass is 9.76. The summed E-state index contributed by atoms with van der Waals surface area (Å²) >= 11 is 0. The standard InChI is InChI=1S/C19H23NO4/c1-3-10-24-19(23)13-5-7-14(8-6-13)20-17(21)15-9-4-12(2)11-16(15)18(20)22/h5-8,12,15-16H,3-4,9-11H2,1-2H3/t12-,15+,16-/m0/s1. The van der Waals surface area contributed by atoms with Crippen LogP contribution in [0.4, 0.5) is 5.69 Å². The van der Waals surface area contributed by atoms with Gasteiger partial charge in [-0.2, -0.15) is 0 Å². The van der Waals surface area contributed by atoms with Crippen LogP contribution >= 0.6 is 0 Å². The topological polar surface area (TPSA) is 63.7 Å². The van der Waals surface area contributed by atoms with Crippen LogP contribution in [0.15, 0.2) is 24.3 Å². The molecule has 5 nitrogen and oxygen atoms in total. The maximum absolute atomic E-state index is 12.7. The second kappa shape index (κ2) is 6.75. The zero-order valence-electron chi connectivity index (χ0n) is 14.2. The van der Waals surface area contributed by atoms with Crippen molar-refractivity contribution >= 4 is 23.5 Å². The van der Waals surface area contributed by atoms with Gasteiger partial charge in [-0.3, -0.25) is 14.5 Å². The third kappa shape index (κ3) is 2.95. The minimum absolute atomic E-state index is 0.0989. The molecule has 3 atom stereocenters. The van der Waals surface area contributed by atoms with Crippen molar-refractivity contribution in [3.8, 4) is 0 Å². The fourth-order valence-electron chi connectivity index (χ4n) is 3.67. The van der Waals surface area contributed by atoms with Gasteiger partial charge in [-0.05, 0) is 55.9 Å². The fourth-order valence-corrected chi connectivity index (χ4v) is 3.67. The van der Waals surface area contributed by atoms with E-state index in [0.29, 0.717) is 23.8 Å². The van der Waals surface area contributed by atoms with Crippen molar-refractivity contribution in [3.63, 3.8) is 0 Å². The molecule has 1 aromatic carbocycles. The first-order chi connectivity index (χ1) is 11.5. The first-order valence-electron chi connectivity index (χ1n) is 8.68. The molecule has 1 saturated heterocycles. The highest BCUT2D eigenvalue weighted by Gasteiger charge is 2.49. The van der Waals surface area contributed by atoms with Crippen LogP contribution in [0.25, 0.3) is 0 Å². The van der Waals surface area contributed by atoms with E-state index in [4.69, 9.17) is 4.74 Å². The molecule has 24 heavy (non-hydrogen) atoms. The van der Waals surface area contributed by atoms with Gasteiger partial charge in [0.1, 0.15) is 0 Å². The van der Waals surface area contributed by atoms with Crippen LogP contribution in [-0.2, 0) is 14.3 Å². The number of rotatable bonds is 4. The predicted molar refractivity (Wildman–Crippen MR) is 89.5 cm³/mol. The Morgan fingerprint density at radius 1 is 1.12 bits per heavy atom. The molecule has 5 heteroatoms. The van der Waals surface area contributed by atoms with E-state index in [9.17, 15) is 14.4 Å². The van der Waals surface area contributed by atoms with Crippen LogP contribution in [-0.4, -0.2) is 24.4 Å². The summed E-state index contributed by atoms with van der Waals surface area (Å²) in [5, 5.41) is 0. The SMILES string of the molecule is CCCOC(=O)c1ccc(N2C(=O)[C@H]3C[C@@H](C)CC[C@H]3C2=O)cc1. The Bertz CT molecular complexity index is 652. The fraction of sp³-hybridized carbons (Fsp3) is 0.526. The Kier molecular flexibility index (Phi) is 4.69. The van der Waals surface area contributed by atoms with Gasteiger partial charge in [-0.25, -0.2) is 4.79 Å². The first kappa shape index (κ1) is 16.7. The van der Waals surface area contributed by atoms with E-state index >= 15 is 0 Å². The van der Waals surface area contributed by atoms with Gasteiger partial charge < -0.3 is 4.74 Å². The number of amides is 2. The lowest BCUT2D eigenvalue weighted by Gasteiger charge is -2.25. The molecule has 0 bridgehead atoms. The number of carbonyl (C=O) groups excluding carboxylic acids is 3. The van der Waals surface area contributed by atoms with Crippen LogP contribution in [0.3, 0.4) is 0 Å². The Morgan fingerprint density at radius 3 is 2.46 bits per heavy atom. The largest absolute Gasteiger partial charge is 0.462 e. The van der Waals surface area contributed by atoms with Crippen molar-refractivity contribution in [2.75, 3.05) is 11.5 Å². The molecule has 1 aromatic rings. The summed E-state index contributed by atoms with van der Waals surface area (Å²) in [6.45, 7) is 4.44. The summed E-state index contributed by atoms with van der Waals surface area (Å²) < 4.78 is 5.09. The first-order valence-corrected chi connectivity index (χ1v) is 8.68. The summed E-state index contributed by atoms with van der Waals surface area (Å²) in [5.41, 5.74) is 0.969. The lowest BCUT2D eigenvalue weighted by Crippen LogP contribution is -2.30.